The molecular formula is C7H12O3. The van der Waals surface area contributed by atoms with E-state index in [0.29, 0.717) is 13.2 Å². The minimum atomic E-state index is -0.293. The molecule has 0 saturated carbocycles. The van der Waals surface area contributed by atoms with E-state index in [1.807, 2.05) is 6.92 Å². The van der Waals surface area contributed by atoms with Crippen LogP contribution in [0.5, 0.6) is 0 Å². The van der Waals surface area contributed by atoms with Gasteiger partial charge in [0.2, 0.25) is 0 Å². The fourth-order valence-electron chi connectivity index (χ4n) is 1.00. The van der Waals surface area contributed by atoms with Gasteiger partial charge in [-0.2, -0.15) is 0 Å². The van der Waals surface area contributed by atoms with Crippen molar-refractivity contribution in [3.63, 3.8) is 0 Å². The van der Waals surface area contributed by atoms with Gasteiger partial charge in [-0.3, -0.25) is 0 Å². The molecule has 58 valence electrons. The number of cyclic esters (lactones) is 1. The van der Waals surface area contributed by atoms with E-state index in [9.17, 15) is 4.79 Å². The normalized spacial score (nSPS) is 26.1. The molecule has 0 aromatic carbocycles. The van der Waals surface area contributed by atoms with Crippen molar-refractivity contribution in [1.29, 1.82) is 0 Å². The Morgan fingerprint density at radius 3 is 3.20 bits per heavy atom. The molecule has 0 aromatic rings. The molecule has 0 amide bonds. The first kappa shape index (κ1) is 7.54. The lowest BCUT2D eigenvalue weighted by atomic mass is 10.2. The molecule has 1 aliphatic rings. The summed E-state index contributed by atoms with van der Waals surface area (Å²) >= 11 is 0. The lowest BCUT2D eigenvalue weighted by Gasteiger charge is -2.20. The van der Waals surface area contributed by atoms with Gasteiger partial charge in [-0.25, -0.2) is 4.79 Å². The van der Waals surface area contributed by atoms with Gasteiger partial charge in [0, 0.05) is 6.61 Å². The van der Waals surface area contributed by atoms with Crippen LogP contribution in [0.2, 0.25) is 0 Å². The average Bonchev–Trinajstić information content (AvgIpc) is 1.94. The number of hydrogen-bond donors (Lipinski definition) is 0. The van der Waals surface area contributed by atoms with Crippen LogP contribution in [0, 0.1) is 0 Å². The van der Waals surface area contributed by atoms with E-state index in [1.165, 1.54) is 0 Å². The quantitative estimate of drug-likeness (QED) is 0.536. The van der Waals surface area contributed by atoms with Gasteiger partial charge >= 0.3 is 5.97 Å². The van der Waals surface area contributed by atoms with Crippen molar-refractivity contribution in [2.45, 2.75) is 25.9 Å². The summed E-state index contributed by atoms with van der Waals surface area (Å²) in [5.41, 5.74) is 0. The van der Waals surface area contributed by atoms with Gasteiger partial charge in [0.25, 0.3) is 0 Å². The summed E-state index contributed by atoms with van der Waals surface area (Å²) in [6, 6.07) is 0. The second-order valence-corrected chi connectivity index (χ2v) is 2.25. The topological polar surface area (TPSA) is 35.5 Å². The molecule has 1 unspecified atom stereocenters. The van der Waals surface area contributed by atoms with Crippen molar-refractivity contribution in [3.8, 4) is 0 Å². The predicted octanol–water partition coefficient (Wildman–Crippen LogP) is 0.728. The van der Waals surface area contributed by atoms with Gasteiger partial charge in [0.1, 0.15) is 0 Å². The summed E-state index contributed by atoms with van der Waals surface area (Å²) in [4.78, 5) is 10.8. The van der Waals surface area contributed by atoms with Crippen LogP contribution in [0.3, 0.4) is 0 Å². The monoisotopic (exact) mass is 144 g/mol. The molecule has 0 spiro atoms. The highest BCUT2D eigenvalue weighted by Gasteiger charge is 2.23. The third kappa shape index (κ3) is 1.70. The second kappa shape index (κ2) is 3.56. The number of rotatable bonds is 2. The lowest BCUT2D eigenvalue weighted by Crippen LogP contribution is -2.31. The van der Waals surface area contributed by atoms with Crippen LogP contribution in [0.25, 0.3) is 0 Å². The van der Waals surface area contributed by atoms with Gasteiger partial charge in [-0.05, 0) is 19.8 Å². The molecule has 10 heavy (non-hydrogen) atoms. The zero-order valence-electron chi connectivity index (χ0n) is 6.13. The number of ether oxygens (including phenoxy) is 2. The Hall–Kier alpha value is -0.570. The van der Waals surface area contributed by atoms with Crippen LogP contribution >= 0.6 is 0 Å². The molecule has 0 aliphatic carbocycles. The summed E-state index contributed by atoms with van der Waals surface area (Å²) < 4.78 is 9.90. The van der Waals surface area contributed by atoms with Crippen molar-refractivity contribution in [1.82, 2.24) is 0 Å². The Morgan fingerprint density at radius 2 is 2.60 bits per heavy atom. The van der Waals surface area contributed by atoms with E-state index in [4.69, 9.17) is 9.47 Å². The molecular weight excluding hydrogens is 132 g/mol. The molecule has 3 nitrogen and oxygen atoms in total. The van der Waals surface area contributed by atoms with Crippen LogP contribution in [0.15, 0.2) is 0 Å². The summed E-state index contributed by atoms with van der Waals surface area (Å²) in [6.45, 7) is 3.02. The highest BCUT2D eigenvalue weighted by molar-refractivity contribution is 5.75. The molecule has 1 atom stereocenters. The van der Waals surface area contributed by atoms with Crippen LogP contribution in [-0.4, -0.2) is 25.3 Å². The van der Waals surface area contributed by atoms with Gasteiger partial charge in [0.15, 0.2) is 6.10 Å². The van der Waals surface area contributed by atoms with Crippen molar-refractivity contribution in [3.05, 3.63) is 0 Å². The standard InChI is InChI=1S/C7H12O3/c1-2-9-6-4-3-5-10-7(6)8/h6H,2-5H2,1H3. The van der Waals surface area contributed by atoms with E-state index in [0.717, 1.165) is 12.8 Å². The van der Waals surface area contributed by atoms with Gasteiger partial charge in [-0.15, -0.1) is 0 Å². The summed E-state index contributed by atoms with van der Waals surface area (Å²) in [5, 5.41) is 0. The highest BCUT2D eigenvalue weighted by atomic mass is 16.6. The van der Waals surface area contributed by atoms with Crippen molar-refractivity contribution in [2.24, 2.45) is 0 Å². The molecule has 1 aliphatic heterocycles. The zero-order valence-corrected chi connectivity index (χ0v) is 6.13. The zero-order chi connectivity index (χ0) is 7.40. The largest absolute Gasteiger partial charge is 0.464 e. The van der Waals surface area contributed by atoms with Gasteiger partial charge < -0.3 is 9.47 Å². The smallest absolute Gasteiger partial charge is 0.335 e. The molecule has 1 rings (SSSR count). The first-order chi connectivity index (χ1) is 4.84. The number of esters is 1. The van der Waals surface area contributed by atoms with Crippen LogP contribution < -0.4 is 0 Å². The van der Waals surface area contributed by atoms with E-state index in [2.05, 4.69) is 0 Å². The Labute approximate surface area is 60.3 Å². The molecule has 0 bridgehead atoms. The van der Waals surface area contributed by atoms with Crippen molar-refractivity contribution >= 4 is 5.97 Å². The molecule has 0 N–H and O–H groups in total. The van der Waals surface area contributed by atoms with Crippen molar-refractivity contribution < 1.29 is 14.3 Å². The van der Waals surface area contributed by atoms with E-state index < -0.39 is 0 Å². The van der Waals surface area contributed by atoms with Crippen LogP contribution in [0.1, 0.15) is 19.8 Å². The average molecular weight is 144 g/mol. The fraction of sp³-hybridized carbons (Fsp3) is 0.857. The summed E-state index contributed by atoms with van der Waals surface area (Å²) in [6.07, 6.45) is 1.45. The van der Waals surface area contributed by atoms with E-state index >= 15 is 0 Å². The SMILES string of the molecule is CCOC1CCCOC1=O. The summed E-state index contributed by atoms with van der Waals surface area (Å²) in [7, 11) is 0. The number of carbonyl (C=O) groups excluding carboxylic acids is 1. The molecule has 1 fully saturated rings. The maximum absolute atomic E-state index is 10.8. The Morgan fingerprint density at radius 1 is 1.80 bits per heavy atom. The fourth-order valence-corrected chi connectivity index (χ4v) is 1.00. The molecule has 0 radical (unpaired) electrons. The minimum absolute atomic E-state index is 0.201. The second-order valence-electron chi connectivity index (χ2n) is 2.25. The maximum atomic E-state index is 10.8. The lowest BCUT2D eigenvalue weighted by molar-refractivity contribution is -0.162. The number of hydrogen-bond acceptors (Lipinski definition) is 3. The number of carbonyl (C=O) groups is 1. The summed E-state index contributed by atoms with van der Waals surface area (Å²) in [5.74, 6) is -0.201. The van der Waals surface area contributed by atoms with Crippen LogP contribution in [-0.2, 0) is 14.3 Å². The first-order valence-electron chi connectivity index (χ1n) is 3.63. The van der Waals surface area contributed by atoms with E-state index in [1.54, 1.807) is 0 Å². The Bertz CT molecular complexity index is 120. The molecule has 0 aromatic heterocycles. The first-order valence-corrected chi connectivity index (χ1v) is 3.63. The molecule has 1 saturated heterocycles. The van der Waals surface area contributed by atoms with Crippen molar-refractivity contribution in [2.75, 3.05) is 13.2 Å². The predicted molar refractivity (Wildman–Crippen MR) is 35.6 cm³/mol. The maximum Gasteiger partial charge on any atom is 0.335 e. The Kier molecular flexibility index (Phi) is 2.68. The third-order valence-corrected chi connectivity index (χ3v) is 1.49. The van der Waals surface area contributed by atoms with Gasteiger partial charge in [-0.1, -0.05) is 0 Å². The van der Waals surface area contributed by atoms with Crippen LogP contribution in [0.4, 0.5) is 0 Å². The molecule has 3 heteroatoms. The third-order valence-electron chi connectivity index (χ3n) is 1.49. The van der Waals surface area contributed by atoms with E-state index in [-0.39, 0.29) is 12.1 Å². The molecule has 1 heterocycles. The Balaban J connectivity index is 2.32. The van der Waals surface area contributed by atoms with Gasteiger partial charge in [0.05, 0.1) is 6.61 Å². The minimum Gasteiger partial charge on any atom is -0.464 e. The highest BCUT2D eigenvalue weighted by Crippen LogP contribution is 2.10.